The molecular weight excluding hydrogens is 330 g/mol. The second-order valence-corrected chi connectivity index (χ2v) is 7.59. The van der Waals surface area contributed by atoms with Crippen LogP contribution in [-0.4, -0.2) is 45.8 Å². The molecule has 1 amide bonds. The molecule has 0 bridgehead atoms. The summed E-state index contributed by atoms with van der Waals surface area (Å²) < 4.78 is 11.7. The van der Waals surface area contributed by atoms with Gasteiger partial charge in [0, 0.05) is 31.5 Å². The molecule has 5 rings (SSSR count). The lowest BCUT2D eigenvalue weighted by atomic mass is 10.0. The lowest BCUT2D eigenvalue weighted by Crippen LogP contribution is -2.48. The largest absolute Gasteiger partial charge is 0.361 e. The molecule has 0 saturated carbocycles. The zero-order valence-electron chi connectivity index (χ0n) is 15.1. The Morgan fingerprint density at radius 2 is 2.08 bits per heavy atom. The molecule has 0 radical (unpaired) electrons. The zero-order valence-corrected chi connectivity index (χ0v) is 15.1. The van der Waals surface area contributed by atoms with Crippen LogP contribution in [0.15, 0.2) is 34.9 Å². The van der Waals surface area contributed by atoms with E-state index in [0.717, 1.165) is 42.1 Å². The van der Waals surface area contributed by atoms with Crippen LogP contribution in [0.4, 0.5) is 0 Å². The maximum atomic E-state index is 12.9. The first-order valence-corrected chi connectivity index (χ1v) is 9.27. The van der Waals surface area contributed by atoms with E-state index in [2.05, 4.69) is 22.2 Å². The van der Waals surface area contributed by atoms with Crippen LogP contribution in [0, 0.1) is 13.8 Å². The number of hydrogen-bond donors (Lipinski definition) is 0. The van der Waals surface area contributed by atoms with Crippen molar-refractivity contribution < 1.29 is 14.1 Å². The average molecular weight is 353 g/mol. The minimum absolute atomic E-state index is 0.0210. The van der Waals surface area contributed by atoms with Crippen LogP contribution in [0.2, 0.25) is 0 Å². The van der Waals surface area contributed by atoms with Crippen molar-refractivity contribution in [3.05, 3.63) is 52.9 Å². The SMILES string of the molecule is Cc1noc(C)c1CN1CC[C@@]23OC[C@@H](c4ccccc4)N2C(=O)C[C@@H]13. The molecule has 0 N–H and O–H groups in total. The lowest BCUT2D eigenvalue weighted by Gasteiger charge is -2.33. The van der Waals surface area contributed by atoms with Gasteiger partial charge in [0.1, 0.15) is 5.76 Å². The molecule has 0 unspecified atom stereocenters. The van der Waals surface area contributed by atoms with Crippen molar-refractivity contribution in [2.45, 2.75) is 51.0 Å². The standard InChI is InChI=1S/C20H23N3O3/c1-13-16(14(2)26-21-13)11-22-9-8-20-18(22)10-19(24)23(20)17(12-25-20)15-6-4-3-5-7-15/h3-7,17-18H,8-12H2,1-2H3/t17-,18+,20-/m0/s1. The second-order valence-electron chi connectivity index (χ2n) is 7.59. The first kappa shape index (κ1) is 16.0. The number of aryl methyl sites for hydroxylation is 2. The smallest absolute Gasteiger partial charge is 0.227 e. The molecular formula is C20H23N3O3. The Hall–Kier alpha value is -2.18. The molecule has 3 atom stereocenters. The van der Waals surface area contributed by atoms with E-state index in [4.69, 9.17) is 9.26 Å². The summed E-state index contributed by atoms with van der Waals surface area (Å²) in [6, 6.07) is 10.3. The molecule has 3 saturated heterocycles. The van der Waals surface area contributed by atoms with Gasteiger partial charge in [-0.2, -0.15) is 0 Å². The van der Waals surface area contributed by atoms with E-state index >= 15 is 0 Å². The minimum Gasteiger partial charge on any atom is -0.361 e. The Labute approximate surface area is 152 Å². The molecule has 1 aromatic heterocycles. The van der Waals surface area contributed by atoms with Gasteiger partial charge in [0.05, 0.1) is 24.4 Å². The van der Waals surface area contributed by atoms with Crippen LogP contribution >= 0.6 is 0 Å². The summed E-state index contributed by atoms with van der Waals surface area (Å²) >= 11 is 0. The Bertz CT molecular complexity index is 830. The number of carbonyl (C=O) groups is 1. The number of hydrogen-bond acceptors (Lipinski definition) is 5. The van der Waals surface area contributed by atoms with Crippen LogP contribution in [0.25, 0.3) is 0 Å². The van der Waals surface area contributed by atoms with Crippen molar-refractivity contribution in [1.82, 2.24) is 15.0 Å². The van der Waals surface area contributed by atoms with Gasteiger partial charge in [0.2, 0.25) is 5.91 Å². The van der Waals surface area contributed by atoms with Gasteiger partial charge in [-0.05, 0) is 19.4 Å². The third kappa shape index (κ3) is 2.12. The van der Waals surface area contributed by atoms with E-state index in [1.165, 1.54) is 0 Å². The first-order valence-electron chi connectivity index (χ1n) is 9.27. The van der Waals surface area contributed by atoms with Crippen LogP contribution in [0.3, 0.4) is 0 Å². The van der Waals surface area contributed by atoms with Gasteiger partial charge in [0.15, 0.2) is 5.72 Å². The van der Waals surface area contributed by atoms with E-state index in [9.17, 15) is 4.79 Å². The van der Waals surface area contributed by atoms with Crippen LogP contribution < -0.4 is 0 Å². The summed E-state index contributed by atoms with van der Waals surface area (Å²) in [7, 11) is 0. The van der Waals surface area contributed by atoms with Gasteiger partial charge in [-0.1, -0.05) is 35.5 Å². The summed E-state index contributed by atoms with van der Waals surface area (Å²) in [6.45, 7) is 6.17. The number of rotatable bonds is 3. The van der Waals surface area contributed by atoms with Crippen molar-refractivity contribution >= 4 is 5.91 Å². The van der Waals surface area contributed by atoms with Gasteiger partial charge in [-0.3, -0.25) is 9.69 Å². The van der Waals surface area contributed by atoms with Gasteiger partial charge < -0.3 is 14.2 Å². The number of aromatic nitrogens is 1. The number of nitrogens with zero attached hydrogens (tertiary/aromatic N) is 3. The predicted molar refractivity (Wildman–Crippen MR) is 94.1 cm³/mol. The summed E-state index contributed by atoms with van der Waals surface area (Å²) in [5, 5.41) is 4.06. The number of amides is 1. The quantitative estimate of drug-likeness (QED) is 0.849. The highest BCUT2D eigenvalue weighted by Gasteiger charge is 2.64. The monoisotopic (exact) mass is 353 g/mol. The summed E-state index contributed by atoms with van der Waals surface area (Å²) in [4.78, 5) is 17.3. The van der Waals surface area contributed by atoms with Gasteiger partial charge in [-0.15, -0.1) is 0 Å². The van der Waals surface area contributed by atoms with Gasteiger partial charge in [0.25, 0.3) is 0 Å². The number of ether oxygens (including phenoxy) is 1. The van der Waals surface area contributed by atoms with Gasteiger partial charge in [-0.25, -0.2) is 0 Å². The van der Waals surface area contributed by atoms with E-state index in [1.807, 2.05) is 36.9 Å². The van der Waals surface area contributed by atoms with E-state index in [1.54, 1.807) is 0 Å². The van der Waals surface area contributed by atoms with Crippen LogP contribution in [-0.2, 0) is 16.1 Å². The molecule has 3 aliphatic rings. The van der Waals surface area contributed by atoms with Crippen molar-refractivity contribution in [2.75, 3.05) is 13.2 Å². The molecule has 2 aromatic rings. The molecule has 136 valence electrons. The summed E-state index contributed by atoms with van der Waals surface area (Å²) in [5.41, 5.74) is 2.74. The molecule has 26 heavy (non-hydrogen) atoms. The molecule has 1 spiro atoms. The fraction of sp³-hybridized carbons (Fsp3) is 0.500. The van der Waals surface area contributed by atoms with Crippen molar-refractivity contribution in [1.29, 1.82) is 0 Å². The third-order valence-corrected chi connectivity index (χ3v) is 6.29. The van der Waals surface area contributed by atoms with Crippen LogP contribution in [0.5, 0.6) is 0 Å². The second kappa shape index (κ2) is 5.66. The molecule has 1 aromatic carbocycles. The molecule has 3 fully saturated rings. The molecule has 6 nitrogen and oxygen atoms in total. The van der Waals surface area contributed by atoms with Crippen molar-refractivity contribution in [2.24, 2.45) is 0 Å². The lowest BCUT2D eigenvalue weighted by molar-refractivity contribution is -0.138. The highest BCUT2D eigenvalue weighted by atomic mass is 16.5. The average Bonchev–Trinajstić information content (AvgIpc) is 3.35. The highest BCUT2D eigenvalue weighted by Crippen LogP contribution is 2.51. The maximum absolute atomic E-state index is 12.9. The fourth-order valence-corrected chi connectivity index (χ4v) is 4.97. The van der Waals surface area contributed by atoms with E-state index < -0.39 is 5.72 Å². The molecule has 4 heterocycles. The number of likely N-dealkylation sites (tertiary alicyclic amines) is 1. The van der Waals surface area contributed by atoms with Crippen LogP contribution in [0.1, 0.15) is 41.5 Å². The van der Waals surface area contributed by atoms with E-state index in [-0.39, 0.29) is 18.0 Å². The number of benzene rings is 1. The summed E-state index contributed by atoms with van der Waals surface area (Å²) in [5.74, 6) is 1.06. The molecule has 0 aliphatic carbocycles. The predicted octanol–water partition coefficient (Wildman–Crippen LogP) is 2.57. The summed E-state index contributed by atoms with van der Waals surface area (Å²) in [6.07, 6.45) is 1.38. The van der Waals surface area contributed by atoms with Crippen molar-refractivity contribution in [3.63, 3.8) is 0 Å². The Balaban J connectivity index is 1.44. The topological polar surface area (TPSA) is 58.8 Å². The molecule has 6 heteroatoms. The molecule has 3 aliphatic heterocycles. The Morgan fingerprint density at radius 1 is 1.27 bits per heavy atom. The maximum Gasteiger partial charge on any atom is 0.227 e. The first-order chi connectivity index (χ1) is 12.6. The fourth-order valence-electron chi connectivity index (χ4n) is 4.97. The third-order valence-electron chi connectivity index (χ3n) is 6.29. The Morgan fingerprint density at radius 3 is 2.81 bits per heavy atom. The highest BCUT2D eigenvalue weighted by molar-refractivity contribution is 5.82. The number of carbonyl (C=O) groups excluding carboxylic acids is 1. The zero-order chi connectivity index (χ0) is 17.9. The van der Waals surface area contributed by atoms with Gasteiger partial charge >= 0.3 is 0 Å². The Kier molecular flexibility index (Phi) is 3.49. The normalized spacial score (nSPS) is 30.8. The minimum atomic E-state index is -0.476. The van der Waals surface area contributed by atoms with Crippen molar-refractivity contribution in [3.8, 4) is 0 Å². The van der Waals surface area contributed by atoms with E-state index in [0.29, 0.717) is 13.0 Å².